The molecule has 0 radical (unpaired) electrons. The maximum absolute atomic E-state index is 4.80. The van der Waals surface area contributed by atoms with E-state index in [2.05, 4.69) is 191 Å². The van der Waals surface area contributed by atoms with Gasteiger partial charge in [0.2, 0.25) is 0 Å². The minimum Gasteiger partial charge on any atom is -0.309 e. The average molecular weight is 663 g/mol. The van der Waals surface area contributed by atoms with Gasteiger partial charge in [0, 0.05) is 32.8 Å². The van der Waals surface area contributed by atoms with Crippen LogP contribution < -0.4 is 0 Å². The summed E-state index contributed by atoms with van der Waals surface area (Å²) in [5, 5.41) is 18.0. The van der Waals surface area contributed by atoms with Gasteiger partial charge in [0.1, 0.15) is 0 Å². The van der Waals surface area contributed by atoms with Gasteiger partial charge in [-0.2, -0.15) is 0 Å². The standard InChI is InChI=1S/C48H30N4/c1-2-10-35-29-36(22-21-31(35)9-1)32-17-19-33(20-18-32)37-25-28-46-43(30-37)39-11-3-4-14-42(39)48-50-49-47(52(46)48)34-23-26-38(27-24-34)51-44-15-7-5-12-40(44)41-13-6-8-16-45(41)51/h1-30H. The predicted molar refractivity (Wildman–Crippen MR) is 216 cm³/mol. The summed E-state index contributed by atoms with van der Waals surface area (Å²) in [4.78, 5) is 0. The second kappa shape index (κ2) is 11.2. The fourth-order valence-corrected chi connectivity index (χ4v) is 8.10. The molecule has 0 fully saturated rings. The minimum atomic E-state index is 0.826. The van der Waals surface area contributed by atoms with Crippen LogP contribution in [0.15, 0.2) is 182 Å². The van der Waals surface area contributed by atoms with Crippen LogP contribution >= 0.6 is 0 Å². The number of pyridine rings is 1. The van der Waals surface area contributed by atoms with Crippen molar-refractivity contribution < 1.29 is 0 Å². The summed E-state index contributed by atoms with van der Waals surface area (Å²) < 4.78 is 4.56. The van der Waals surface area contributed by atoms with Crippen LogP contribution in [-0.4, -0.2) is 19.2 Å². The van der Waals surface area contributed by atoms with Gasteiger partial charge in [-0.15, -0.1) is 10.2 Å². The first-order chi connectivity index (χ1) is 25.8. The molecule has 11 rings (SSSR count). The van der Waals surface area contributed by atoms with Crippen LogP contribution in [0, 0.1) is 0 Å². The molecule has 3 aromatic heterocycles. The molecule has 0 spiro atoms. The Bertz CT molecular complexity index is 3110. The Balaban J connectivity index is 1.02. The van der Waals surface area contributed by atoms with E-state index in [-0.39, 0.29) is 0 Å². The van der Waals surface area contributed by atoms with Crippen LogP contribution in [0.2, 0.25) is 0 Å². The van der Waals surface area contributed by atoms with Crippen molar-refractivity contribution in [3.63, 3.8) is 0 Å². The van der Waals surface area contributed by atoms with Gasteiger partial charge >= 0.3 is 0 Å². The molecule has 0 aliphatic carbocycles. The molecule has 0 atom stereocenters. The highest BCUT2D eigenvalue weighted by Crippen LogP contribution is 2.37. The van der Waals surface area contributed by atoms with E-state index in [9.17, 15) is 0 Å². The van der Waals surface area contributed by atoms with Crippen LogP contribution in [-0.2, 0) is 0 Å². The maximum Gasteiger partial charge on any atom is 0.169 e. The van der Waals surface area contributed by atoms with E-state index in [4.69, 9.17) is 10.2 Å². The quantitative estimate of drug-likeness (QED) is 0.176. The van der Waals surface area contributed by atoms with E-state index in [1.54, 1.807) is 0 Å². The summed E-state index contributed by atoms with van der Waals surface area (Å²) in [5.74, 6) is 0.826. The number of rotatable bonds is 4. The van der Waals surface area contributed by atoms with Crippen LogP contribution in [0.4, 0.5) is 0 Å². The molecule has 4 heteroatoms. The minimum absolute atomic E-state index is 0.826. The van der Waals surface area contributed by atoms with Gasteiger partial charge in [0.05, 0.1) is 16.6 Å². The van der Waals surface area contributed by atoms with Crippen molar-refractivity contribution in [2.45, 2.75) is 0 Å². The highest BCUT2D eigenvalue weighted by atomic mass is 15.2. The lowest BCUT2D eigenvalue weighted by Crippen LogP contribution is -1.96. The molecule has 0 amide bonds. The Morgan fingerprint density at radius 1 is 0.327 bits per heavy atom. The Morgan fingerprint density at radius 3 is 1.58 bits per heavy atom. The van der Waals surface area contributed by atoms with Crippen molar-refractivity contribution >= 4 is 59.9 Å². The van der Waals surface area contributed by atoms with Crippen molar-refractivity contribution in [1.29, 1.82) is 0 Å². The zero-order valence-electron chi connectivity index (χ0n) is 28.1. The van der Waals surface area contributed by atoms with Gasteiger partial charge in [-0.25, -0.2) is 0 Å². The third kappa shape index (κ3) is 4.34. The fourth-order valence-electron chi connectivity index (χ4n) is 8.10. The van der Waals surface area contributed by atoms with E-state index >= 15 is 0 Å². The van der Waals surface area contributed by atoms with Gasteiger partial charge in [-0.1, -0.05) is 127 Å². The van der Waals surface area contributed by atoms with Crippen LogP contribution in [0.3, 0.4) is 0 Å². The molecule has 0 bridgehead atoms. The Hall–Kier alpha value is -7.04. The lowest BCUT2D eigenvalue weighted by Gasteiger charge is -2.13. The first-order valence-electron chi connectivity index (χ1n) is 17.7. The summed E-state index contributed by atoms with van der Waals surface area (Å²) in [6.07, 6.45) is 0. The van der Waals surface area contributed by atoms with Gasteiger partial charge in [0.15, 0.2) is 11.5 Å². The molecular formula is C48H30N4. The molecule has 8 aromatic carbocycles. The second-order valence-corrected chi connectivity index (χ2v) is 13.5. The van der Waals surface area contributed by atoms with E-state index < -0.39 is 0 Å². The topological polar surface area (TPSA) is 35.1 Å². The third-order valence-electron chi connectivity index (χ3n) is 10.6. The summed E-state index contributed by atoms with van der Waals surface area (Å²) in [5.41, 5.74) is 11.2. The Labute approximate surface area is 299 Å². The lowest BCUT2D eigenvalue weighted by atomic mass is 9.96. The smallest absolute Gasteiger partial charge is 0.169 e. The zero-order chi connectivity index (χ0) is 34.2. The van der Waals surface area contributed by atoms with Gasteiger partial charge in [-0.3, -0.25) is 4.40 Å². The molecule has 11 aromatic rings. The van der Waals surface area contributed by atoms with Crippen molar-refractivity contribution in [2.75, 3.05) is 0 Å². The monoisotopic (exact) mass is 662 g/mol. The highest BCUT2D eigenvalue weighted by molar-refractivity contribution is 6.13. The van der Waals surface area contributed by atoms with Crippen LogP contribution in [0.25, 0.3) is 99.2 Å². The number of hydrogen-bond donors (Lipinski definition) is 0. The normalized spacial score (nSPS) is 11.8. The fraction of sp³-hybridized carbons (Fsp3) is 0. The summed E-state index contributed by atoms with van der Waals surface area (Å²) in [7, 11) is 0. The lowest BCUT2D eigenvalue weighted by molar-refractivity contribution is 1.11. The van der Waals surface area contributed by atoms with Crippen molar-refractivity contribution in [3.05, 3.63) is 182 Å². The first-order valence-corrected chi connectivity index (χ1v) is 17.7. The Kier molecular flexibility index (Phi) is 6.22. The van der Waals surface area contributed by atoms with Crippen molar-refractivity contribution in [3.8, 4) is 39.3 Å². The number of hydrogen-bond acceptors (Lipinski definition) is 2. The molecular weight excluding hydrogens is 633 g/mol. The van der Waals surface area contributed by atoms with Crippen molar-refractivity contribution in [1.82, 2.24) is 19.2 Å². The number of nitrogens with zero attached hydrogens (tertiary/aromatic N) is 4. The van der Waals surface area contributed by atoms with E-state index in [0.29, 0.717) is 0 Å². The van der Waals surface area contributed by atoms with E-state index in [0.717, 1.165) is 33.6 Å². The summed E-state index contributed by atoms with van der Waals surface area (Å²) in [6.45, 7) is 0. The average Bonchev–Trinajstić information content (AvgIpc) is 3.81. The SMILES string of the molecule is c1ccc2cc(-c3ccc(-c4ccc5c(c4)c4ccccc4c4nnc(-c6ccc(-n7c8ccccc8c8ccccc87)cc6)n54)cc3)ccc2c1. The molecule has 4 nitrogen and oxygen atoms in total. The number of para-hydroxylation sites is 2. The number of aromatic nitrogens is 4. The molecule has 0 unspecified atom stereocenters. The summed E-state index contributed by atoms with van der Waals surface area (Å²) >= 11 is 0. The molecule has 0 aliphatic heterocycles. The maximum atomic E-state index is 4.80. The Morgan fingerprint density at radius 2 is 0.865 bits per heavy atom. The third-order valence-corrected chi connectivity index (χ3v) is 10.6. The van der Waals surface area contributed by atoms with Gasteiger partial charge in [0.25, 0.3) is 0 Å². The molecule has 52 heavy (non-hydrogen) atoms. The van der Waals surface area contributed by atoms with E-state index in [1.807, 2.05) is 0 Å². The number of fused-ring (bicyclic) bond motifs is 10. The largest absolute Gasteiger partial charge is 0.309 e. The molecule has 0 saturated heterocycles. The van der Waals surface area contributed by atoms with Crippen LogP contribution in [0.1, 0.15) is 0 Å². The van der Waals surface area contributed by atoms with Crippen molar-refractivity contribution in [2.24, 2.45) is 0 Å². The molecule has 0 saturated carbocycles. The first kappa shape index (κ1) is 28.8. The second-order valence-electron chi connectivity index (χ2n) is 13.5. The van der Waals surface area contributed by atoms with Gasteiger partial charge < -0.3 is 4.57 Å². The summed E-state index contributed by atoms with van der Waals surface area (Å²) in [6, 6.07) is 65.4. The van der Waals surface area contributed by atoms with Crippen LogP contribution in [0.5, 0.6) is 0 Å². The molecule has 242 valence electrons. The predicted octanol–water partition coefficient (Wildman–Crippen LogP) is 12.3. The number of benzene rings is 8. The van der Waals surface area contributed by atoms with Gasteiger partial charge in [-0.05, 0) is 93.0 Å². The molecule has 0 N–H and O–H groups in total. The molecule has 3 heterocycles. The highest BCUT2D eigenvalue weighted by Gasteiger charge is 2.18. The molecule has 0 aliphatic rings. The van der Waals surface area contributed by atoms with E-state index in [1.165, 1.54) is 65.6 Å². The zero-order valence-corrected chi connectivity index (χ0v) is 28.1.